The number of halogens is 1. The standard InChI is InChI=1S/C10H15IN4O/c1-15(7-2-3-7)5-4-12-9-8(11)10(16)14-6-13-9/h6-7H,2-5H2,1H3,(H2,12,13,14,16). The Bertz CT molecular complexity index is 416. The number of anilines is 1. The first kappa shape index (κ1) is 11.8. The number of aromatic amines is 1. The Morgan fingerprint density at radius 1 is 1.69 bits per heavy atom. The third-order valence-electron chi connectivity index (χ3n) is 2.72. The third-order valence-corrected chi connectivity index (χ3v) is 3.72. The van der Waals surface area contributed by atoms with E-state index in [1.807, 2.05) is 22.6 Å². The van der Waals surface area contributed by atoms with Crippen molar-refractivity contribution in [2.24, 2.45) is 0 Å². The predicted octanol–water partition coefficient (Wildman–Crippen LogP) is 0.881. The largest absolute Gasteiger partial charge is 0.368 e. The number of nitrogens with zero attached hydrogens (tertiary/aromatic N) is 2. The van der Waals surface area contributed by atoms with E-state index in [-0.39, 0.29) is 5.56 Å². The number of hydrogen-bond acceptors (Lipinski definition) is 4. The summed E-state index contributed by atoms with van der Waals surface area (Å²) in [6.07, 6.45) is 4.06. The molecule has 0 radical (unpaired) electrons. The van der Waals surface area contributed by atoms with E-state index in [2.05, 4.69) is 27.2 Å². The van der Waals surface area contributed by atoms with E-state index >= 15 is 0 Å². The molecule has 1 aromatic heterocycles. The molecule has 0 aromatic carbocycles. The topological polar surface area (TPSA) is 61.0 Å². The Labute approximate surface area is 108 Å². The van der Waals surface area contributed by atoms with Gasteiger partial charge in [-0.05, 0) is 42.5 Å². The molecule has 1 aliphatic carbocycles. The van der Waals surface area contributed by atoms with Crippen molar-refractivity contribution in [3.05, 3.63) is 20.3 Å². The smallest absolute Gasteiger partial charge is 0.266 e. The number of aromatic nitrogens is 2. The van der Waals surface area contributed by atoms with Gasteiger partial charge >= 0.3 is 0 Å². The van der Waals surface area contributed by atoms with Crippen LogP contribution in [0.15, 0.2) is 11.1 Å². The van der Waals surface area contributed by atoms with Gasteiger partial charge in [-0.25, -0.2) is 4.98 Å². The molecular weight excluding hydrogens is 319 g/mol. The molecule has 5 nitrogen and oxygen atoms in total. The van der Waals surface area contributed by atoms with Crippen LogP contribution in [-0.2, 0) is 0 Å². The van der Waals surface area contributed by atoms with E-state index in [0.29, 0.717) is 9.39 Å². The van der Waals surface area contributed by atoms with Gasteiger partial charge in [0.15, 0.2) is 0 Å². The number of hydrogen-bond donors (Lipinski definition) is 2. The zero-order valence-corrected chi connectivity index (χ0v) is 11.3. The average Bonchev–Trinajstić information content (AvgIpc) is 3.07. The maximum atomic E-state index is 11.3. The minimum Gasteiger partial charge on any atom is -0.368 e. The van der Waals surface area contributed by atoms with Crippen LogP contribution >= 0.6 is 22.6 Å². The lowest BCUT2D eigenvalue weighted by molar-refractivity contribution is 0.337. The molecule has 1 aromatic rings. The minimum absolute atomic E-state index is 0.0892. The lowest BCUT2D eigenvalue weighted by Gasteiger charge is -2.16. The highest BCUT2D eigenvalue weighted by Gasteiger charge is 2.25. The second-order valence-corrected chi connectivity index (χ2v) is 5.11. The second kappa shape index (κ2) is 5.13. The summed E-state index contributed by atoms with van der Waals surface area (Å²) in [6.45, 7) is 1.80. The summed E-state index contributed by atoms with van der Waals surface area (Å²) in [5, 5.41) is 3.19. The molecule has 2 rings (SSSR count). The van der Waals surface area contributed by atoms with Gasteiger partial charge in [-0.2, -0.15) is 0 Å². The molecule has 16 heavy (non-hydrogen) atoms. The number of nitrogens with one attached hydrogen (secondary N) is 2. The maximum Gasteiger partial charge on any atom is 0.266 e. The predicted molar refractivity (Wildman–Crippen MR) is 71.7 cm³/mol. The summed E-state index contributed by atoms with van der Waals surface area (Å²) >= 11 is 2.01. The Morgan fingerprint density at radius 3 is 3.12 bits per heavy atom. The molecule has 2 N–H and O–H groups in total. The van der Waals surface area contributed by atoms with Gasteiger partial charge in [0.25, 0.3) is 5.56 Å². The van der Waals surface area contributed by atoms with E-state index in [1.54, 1.807) is 0 Å². The monoisotopic (exact) mass is 334 g/mol. The summed E-state index contributed by atoms with van der Waals surface area (Å²) in [4.78, 5) is 20.3. The molecule has 6 heteroatoms. The van der Waals surface area contributed by atoms with E-state index in [9.17, 15) is 4.79 Å². The van der Waals surface area contributed by atoms with Crippen LogP contribution in [0.1, 0.15) is 12.8 Å². The SMILES string of the molecule is CN(CCNc1nc[nH]c(=O)c1I)C1CC1. The quantitative estimate of drug-likeness (QED) is 0.785. The Morgan fingerprint density at radius 2 is 2.44 bits per heavy atom. The molecule has 0 saturated heterocycles. The highest BCUT2D eigenvalue weighted by atomic mass is 127. The summed E-state index contributed by atoms with van der Waals surface area (Å²) < 4.78 is 0.620. The first-order chi connectivity index (χ1) is 7.68. The van der Waals surface area contributed by atoms with Gasteiger partial charge in [-0.15, -0.1) is 0 Å². The van der Waals surface area contributed by atoms with Crippen LogP contribution in [0.3, 0.4) is 0 Å². The van der Waals surface area contributed by atoms with Crippen LogP contribution < -0.4 is 10.9 Å². The van der Waals surface area contributed by atoms with E-state index < -0.39 is 0 Å². The molecule has 0 unspecified atom stereocenters. The zero-order chi connectivity index (χ0) is 11.5. The van der Waals surface area contributed by atoms with E-state index in [0.717, 1.165) is 19.1 Å². The molecule has 1 fully saturated rings. The number of likely N-dealkylation sites (N-methyl/N-ethyl adjacent to an activating group) is 1. The summed E-state index contributed by atoms with van der Waals surface area (Å²) in [6, 6.07) is 0.771. The summed E-state index contributed by atoms with van der Waals surface area (Å²) in [7, 11) is 2.13. The lowest BCUT2D eigenvalue weighted by atomic mass is 10.5. The van der Waals surface area contributed by atoms with Gasteiger partial charge in [-0.1, -0.05) is 0 Å². The van der Waals surface area contributed by atoms with Gasteiger partial charge < -0.3 is 15.2 Å². The normalized spacial score (nSPS) is 15.4. The van der Waals surface area contributed by atoms with Gasteiger partial charge in [0.2, 0.25) is 0 Å². The van der Waals surface area contributed by atoms with Crippen molar-refractivity contribution < 1.29 is 0 Å². The Hall–Kier alpha value is -0.630. The van der Waals surface area contributed by atoms with Crippen molar-refractivity contribution >= 4 is 28.4 Å². The molecule has 0 bridgehead atoms. The zero-order valence-electron chi connectivity index (χ0n) is 9.16. The molecular formula is C10H15IN4O. The molecule has 1 aliphatic rings. The van der Waals surface area contributed by atoms with Crippen LogP contribution in [0.5, 0.6) is 0 Å². The molecule has 0 amide bonds. The fourth-order valence-corrected chi connectivity index (χ4v) is 2.04. The fraction of sp³-hybridized carbons (Fsp3) is 0.600. The highest BCUT2D eigenvalue weighted by Crippen LogP contribution is 2.24. The molecule has 1 saturated carbocycles. The first-order valence-electron chi connectivity index (χ1n) is 5.36. The van der Waals surface area contributed by atoms with Crippen molar-refractivity contribution in [3.8, 4) is 0 Å². The van der Waals surface area contributed by atoms with Crippen LogP contribution in [0.2, 0.25) is 0 Å². The fourth-order valence-electron chi connectivity index (χ4n) is 1.55. The first-order valence-corrected chi connectivity index (χ1v) is 6.43. The lowest BCUT2D eigenvalue weighted by Crippen LogP contribution is -2.28. The second-order valence-electron chi connectivity index (χ2n) is 4.03. The van der Waals surface area contributed by atoms with Crippen molar-refractivity contribution in [1.82, 2.24) is 14.9 Å². The van der Waals surface area contributed by atoms with Gasteiger partial charge in [-0.3, -0.25) is 4.79 Å². The van der Waals surface area contributed by atoms with Crippen LogP contribution in [0.4, 0.5) is 5.82 Å². The summed E-state index contributed by atoms with van der Waals surface area (Å²) in [5.41, 5.74) is -0.0892. The molecule has 0 atom stereocenters. The van der Waals surface area contributed by atoms with Gasteiger partial charge in [0.1, 0.15) is 9.39 Å². The Balaban J connectivity index is 1.84. The molecule has 0 aliphatic heterocycles. The number of rotatable bonds is 5. The average molecular weight is 334 g/mol. The van der Waals surface area contributed by atoms with E-state index in [4.69, 9.17) is 0 Å². The molecule has 1 heterocycles. The van der Waals surface area contributed by atoms with Crippen molar-refractivity contribution in [2.45, 2.75) is 18.9 Å². The highest BCUT2D eigenvalue weighted by molar-refractivity contribution is 14.1. The van der Waals surface area contributed by atoms with Crippen molar-refractivity contribution in [1.29, 1.82) is 0 Å². The van der Waals surface area contributed by atoms with E-state index in [1.165, 1.54) is 19.2 Å². The van der Waals surface area contributed by atoms with Crippen LogP contribution in [0.25, 0.3) is 0 Å². The van der Waals surface area contributed by atoms with Crippen molar-refractivity contribution in [3.63, 3.8) is 0 Å². The molecule has 0 spiro atoms. The van der Waals surface area contributed by atoms with Crippen LogP contribution in [0, 0.1) is 3.57 Å². The van der Waals surface area contributed by atoms with Gasteiger partial charge in [0, 0.05) is 19.1 Å². The van der Waals surface area contributed by atoms with Crippen LogP contribution in [-0.4, -0.2) is 41.0 Å². The van der Waals surface area contributed by atoms with Gasteiger partial charge in [0.05, 0.1) is 6.33 Å². The molecule has 88 valence electrons. The summed E-state index contributed by atoms with van der Waals surface area (Å²) in [5.74, 6) is 0.675. The minimum atomic E-state index is -0.0892. The number of H-pyrrole nitrogens is 1. The maximum absolute atomic E-state index is 11.3. The Kier molecular flexibility index (Phi) is 3.80. The third kappa shape index (κ3) is 2.94. The van der Waals surface area contributed by atoms with Crippen molar-refractivity contribution in [2.75, 3.05) is 25.5 Å².